The predicted molar refractivity (Wildman–Crippen MR) is 144 cm³/mol. The molecule has 5 rings (SSSR count). The lowest BCUT2D eigenvalue weighted by molar-refractivity contribution is -0.134. The minimum absolute atomic E-state index is 0.0165. The van der Waals surface area contributed by atoms with Gasteiger partial charge in [-0.2, -0.15) is 0 Å². The van der Waals surface area contributed by atoms with Crippen molar-refractivity contribution < 1.29 is 14.0 Å². The highest BCUT2D eigenvalue weighted by atomic mass is 35.5. The Morgan fingerprint density at radius 3 is 2.47 bits per heavy atom. The smallest absolute Gasteiger partial charge is 0.238 e. The number of amides is 2. The van der Waals surface area contributed by atoms with Gasteiger partial charge in [-0.05, 0) is 59.9 Å². The molecule has 1 heterocycles. The van der Waals surface area contributed by atoms with Crippen LogP contribution in [0, 0.1) is 5.82 Å². The van der Waals surface area contributed by atoms with E-state index in [2.05, 4.69) is 5.32 Å². The molecular weight excluding hydrogens is 495 g/mol. The summed E-state index contributed by atoms with van der Waals surface area (Å²) in [5, 5.41) is 1.80. The molecule has 2 atom stereocenters. The Hall–Kier alpha value is -2.83. The average Bonchev–Trinajstić information content (AvgIpc) is 3.25. The zero-order valence-corrected chi connectivity index (χ0v) is 21.4. The maximum atomic E-state index is 15.1. The molecule has 0 bridgehead atoms. The van der Waals surface area contributed by atoms with Crippen molar-refractivity contribution in [3.05, 3.63) is 83.7 Å². The minimum atomic E-state index is -0.421. The summed E-state index contributed by atoms with van der Waals surface area (Å²) in [5.74, 6) is -0.339. The van der Waals surface area contributed by atoms with Crippen LogP contribution < -0.4 is 5.32 Å². The normalized spacial score (nSPS) is 19.5. The molecule has 1 aliphatic carbocycles. The van der Waals surface area contributed by atoms with E-state index in [-0.39, 0.29) is 24.3 Å². The summed E-state index contributed by atoms with van der Waals surface area (Å²) in [5.41, 5.74) is 3.94. The van der Waals surface area contributed by atoms with E-state index in [0.717, 1.165) is 47.3 Å². The highest BCUT2D eigenvalue weighted by Crippen LogP contribution is 2.48. The molecule has 4 nitrogen and oxygen atoms in total. The standard InChI is InChI=1S/C29H28ClFN2O2S/c30-27-24-8-4-5-9-26(24)36-28(27)29(35)33(23-6-2-1-3-7-23)17-21-16-20(12-15-25(21)31)19-10-13-22(14-11-19)32-18-34/h4-5,8-16,18,23,27-28H,1-3,6-7,17H2,(H,32,34). The number of fused-ring (bicyclic) bond motifs is 1. The van der Waals surface area contributed by atoms with Gasteiger partial charge in [0.15, 0.2) is 0 Å². The second-order valence-electron chi connectivity index (χ2n) is 9.38. The minimum Gasteiger partial charge on any atom is -0.334 e. The molecule has 0 spiro atoms. The van der Waals surface area contributed by atoms with Gasteiger partial charge in [0.2, 0.25) is 12.3 Å². The van der Waals surface area contributed by atoms with Crippen molar-refractivity contribution in [3.63, 3.8) is 0 Å². The van der Waals surface area contributed by atoms with Crippen LogP contribution in [-0.2, 0) is 16.1 Å². The van der Waals surface area contributed by atoms with E-state index in [4.69, 9.17) is 11.6 Å². The largest absolute Gasteiger partial charge is 0.334 e. The van der Waals surface area contributed by atoms with E-state index in [9.17, 15) is 9.59 Å². The predicted octanol–water partition coefficient (Wildman–Crippen LogP) is 7.18. The molecule has 3 aromatic carbocycles. The Labute approximate surface area is 220 Å². The molecule has 36 heavy (non-hydrogen) atoms. The summed E-state index contributed by atoms with van der Waals surface area (Å²) in [4.78, 5) is 27.6. The van der Waals surface area contributed by atoms with Crippen LogP contribution in [0.3, 0.4) is 0 Å². The van der Waals surface area contributed by atoms with Crippen molar-refractivity contribution in [2.45, 2.75) is 60.2 Å². The first-order chi connectivity index (χ1) is 17.5. The molecule has 0 aromatic heterocycles. The fourth-order valence-corrected chi connectivity index (χ4v) is 6.96. The van der Waals surface area contributed by atoms with Crippen LogP contribution in [0.1, 0.15) is 48.6 Å². The van der Waals surface area contributed by atoms with Gasteiger partial charge < -0.3 is 10.2 Å². The lowest BCUT2D eigenvalue weighted by Gasteiger charge is -2.36. The van der Waals surface area contributed by atoms with Gasteiger partial charge in [0.25, 0.3) is 0 Å². The lowest BCUT2D eigenvalue weighted by atomic mass is 9.93. The lowest BCUT2D eigenvalue weighted by Crippen LogP contribution is -2.45. The van der Waals surface area contributed by atoms with E-state index >= 15 is 4.39 Å². The van der Waals surface area contributed by atoms with E-state index in [1.165, 1.54) is 24.2 Å². The highest BCUT2D eigenvalue weighted by molar-refractivity contribution is 8.01. The van der Waals surface area contributed by atoms with E-state index in [1.54, 1.807) is 18.2 Å². The van der Waals surface area contributed by atoms with Gasteiger partial charge in [-0.1, -0.05) is 55.7 Å². The Bertz CT molecular complexity index is 1250. The summed E-state index contributed by atoms with van der Waals surface area (Å²) in [6.45, 7) is 0.213. The van der Waals surface area contributed by atoms with E-state index < -0.39 is 10.6 Å². The number of nitrogens with one attached hydrogen (secondary N) is 1. The number of benzene rings is 3. The Morgan fingerprint density at radius 1 is 1.03 bits per heavy atom. The third-order valence-corrected chi connectivity index (χ3v) is 9.10. The first kappa shape index (κ1) is 24.8. The van der Waals surface area contributed by atoms with Crippen LogP contribution in [-0.4, -0.2) is 28.5 Å². The van der Waals surface area contributed by atoms with Crippen molar-refractivity contribution in [2.75, 3.05) is 5.32 Å². The first-order valence-corrected chi connectivity index (χ1v) is 13.7. The third-order valence-electron chi connectivity index (χ3n) is 7.11. The number of rotatable bonds is 7. The first-order valence-electron chi connectivity index (χ1n) is 12.3. The molecular formula is C29H28ClFN2O2S. The second-order valence-corrected chi connectivity index (χ2v) is 11.0. The maximum absolute atomic E-state index is 15.1. The van der Waals surface area contributed by atoms with E-state index in [0.29, 0.717) is 17.7 Å². The quantitative estimate of drug-likeness (QED) is 0.264. The zero-order chi connectivity index (χ0) is 25.1. The van der Waals surface area contributed by atoms with Crippen molar-refractivity contribution in [3.8, 4) is 11.1 Å². The van der Waals surface area contributed by atoms with Gasteiger partial charge in [-0.3, -0.25) is 9.59 Å². The number of carbonyl (C=O) groups excluding carboxylic acids is 2. The number of nitrogens with zero attached hydrogens (tertiary/aromatic N) is 1. The number of anilines is 1. The molecule has 1 aliphatic heterocycles. The van der Waals surface area contributed by atoms with Crippen LogP contribution in [0.2, 0.25) is 0 Å². The van der Waals surface area contributed by atoms with Gasteiger partial charge in [-0.25, -0.2) is 4.39 Å². The fraction of sp³-hybridized carbons (Fsp3) is 0.310. The summed E-state index contributed by atoms with van der Waals surface area (Å²) >= 11 is 8.31. The molecule has 1 fully saturated rings. The van der Waals surface area contributed by atoms with Gasteiger partial charge in [0.1, 0.15) is 11.1 Å². The third kappa shape index (κ3) is 5.16. The van der Waals surface area contributed by atoms with Crippen molar-refractivity contribution in [1.82, 2.24) is 4.90 Å². The molecule has 0 saturated heterocycles. The number of hydrogen-bond donors (Lipinski definition) is 1. The Kier molecular flexibility index (Phi) is 7.63. The molecule has 186 valence electrons. The molecule has 1 saturated carbocycles. The SMILES string of the molecule is O=CNc1ccc(-c2ccc(F)c(CN(C(=O)C3Sc4ccccc4C3Cl)C3CCCCC3)c2)cc1. The second kappa shape index (κ2) is 11.1. The summed E-state index contributed by atoms with van der Waals surface area (Å²) in [7, 11) is 0. The van der Waals surface area contributed by atoms with Gasteiger partial charge in [-0.15, -0.1) is 23.4 Å². The monoisotopic (exact) mass is 522 g/mol. The van der Waals surface area contributed by atoms with Crippen LogP contribution >= 0.6 is 23.4 Å². The molecule has 0 radical (unpaired) electrons. The fourth-order valence-electron chi connectivity index (χ4n) is 5.18. The molecule has 1 N–H and O–H groups in total. The number of alkyl halides is 1. The van der Waals surface area contributed by atoms with Crippen LogP contribution in [0.5, 0.6) is 0 Å². The molecule has 2 unspecified atom stereocenters. The number of hydrogen-bond acceptors (Lipinski definition) is 3. The summed E-state index contributed by atoms with van der Waals surface area (Å²) in [6, 6.07) is 20.4. The highest BCUT2D eigenvalue weighted by Gasteiger charge is 2.41. The Balaban J connectivity index is 1.43. The number of carbonyl (C=O) groups is 2. The number of thioether (sulfide) groups is 1. The van der Waals surface area contributed by atoms with Crippen LogP contribution in [0.25, 0.3) is 11.1 Å². The zero-order valence-electron chi connectivity index (χ0n) is 19.8. The maximum Gasteiger partial charge on any atom is 0.238 e. The Morgan fingerprint density at radius 2 is 1.75 bits per heavy atom. The van der Waals surface area contributed by atoms with Crippen molar-refractivity contribution in [2.24, 2.45) is 0 Å². The van der Waals surface area contributed by atoms with E-state index in [1.807, 2.05) is 47.4 Å². The molecule has 2 aliphatic rings. The van der Waals surface area contributed by atoms with Gasteiger partial charge in [0.05, 0.1) is 5.38 Å². The summed E-state index contributed by atoms with van der Waals surface area (Å²) < 4.78 is 15.1. The van der Waals surface area contributed by atoms with Crippen molar-refractivity contribution in [1.29, 1.82) is 0 Å². The van der Waals surface area contributed by atoms with Gasteiger partial charge in [0, 0.05) is 28.7 Å². The molecule has 7 heteroatoms. The summed E-state index contributed by atoms with van der Waals surface area (Å²) in [6.07, 6.45) is 5.79. The van der Waals surface area contributed by atoms with Crippen LogP contribution in [0.15, 0.2) is 71.6 Å². The van der Waals surface area contributed by atoms with Crippen molar-refractivity contribution >= 4 is 41.4 Å². The van der Waals surface area contributed by atoms with Crippen LogP contribution in [0.4, 0.5) is 10.1 Å². The number of halogens is 2. The molecule has 2 amide bonds. The topological polar surface area (TPSA) is 49.4 Å². The average molecular weight is 523 g/mol. The van der Waals surface area contributed by atoms with Gasteiger partial charge >= 0.3 is 0 Å². The molecule has 3 aromatic rings.